The number of carboxylic acids is 1. The van der Waals surface area contributed by atoms with Crippen molar-refractivity contribution in [1.29, 1.82) is 0 Å². The maximum Gasteiger partial charge on any atom is 0.317 e. The van der Waals surface area contributed by atoms with Gasteiger partial charge in [-0.2, -0.15) is 0 Å². The second kappa shape index (κ2) is 19.7. The highest BCUT2D eigenvalue weighted by atomic mass is 32.2. The fourth-order valence-electron chi connectivity index (χ4n) is 4.91. The van der Waals surface area contributed by atoms with E-state index in [1.807, 2.05) is 13.8 Å². The third kappa shape index (κ3) is 17.8. The molecule has 2 aromatic carbocycles. The van der Waals surface area contributed by atoms with Crippen LogP contribution in [0.3, 0.4) is 0 Å². The number of carbonyl (C=O) groups is 5. The van der Waals surface area contributed by atoms with Crippen molar-refractivity contribution in [3.63, 3.8) is 0 Å². The van der Waals surface area contributed by atoms with Gasteiger partial charge in [0.2, 0.25) is 37.8 Å². The number of ether oxygens (including phenoxy) is 1. The molecule has 2 aromatic rings. The van der Waals surface area contributed by atoms with Crippen LogP contribution in [0, 0.1) is 0 Å². The topological polar surface area (TPSA) is 278 Å². The number of rotatable bonds is 23. The van der Waals surface area contributed by atoms with Crippen LogP contribution in [0.15, 0.2) is 58.3 Å². The molecular formula is C33H49N7O11S2. The van der Waals surface area contributed by atoms with Crippen molar-refractivity contribution < 1.29 is 50.7 Å². The van der Waals surface area contributed by atoms with Crippen molar-refractivity contribution in [2.75, 3.05) is 56.5 Å². The maximum absolute atomic E-state index is 13.3. The van der Waals surface area contributed by atoms with Crippen LogP contribution < -0.4 is 26.2 Å². The first kappa shape index (κ1) is 44.8. The number of carboxylic acid groups (broad SMARTS) is 1. The molecule has 18 nitrogen and oxygen atoms in total. The molecule has 0 atom stereocenters. The SMILES string of the molecule is CC(C)(CCOC(C)(C)CCC=O)NC(=O)CN(CCN(CC(=O)O)CC(=O)Nc1ccc(S(N)(=O)=O)cc1)CC(=O)Nc1ccc(S(N)(=O)=O)cc1. The number of nitrogens with zero attached hydrogens (tertiary/aromatic N) is 2. The first-order chi connectivity index (χ1) is 24.5. The Balaban J connectivity index is 2.16. The number of carbonyl (C=O) groups excluding carboxylic acids is 4. The van der Waals surface area contributed by atoms with Gasteiger partial charge in [-0.05, 0) is 89.1 Å². The van der Waals surface area contributed by atoms with Gasteiger partial charge >= 0.3 is 5.97 Å². The van der Waals surface area contributed by atoms with Crippen molar-refractivity contribution in [3.05, 3.63) is 48.5 Å². The minimum absolute atomic E-state index is 0.0384. The minimum Gasteiger partial charge on any atom is -0.480 e. The maximum atomic E-state index is 13.3. The van der Waals surface area contributed by atoms with Gasteiger partial charge < -0.3 is 30.6 Å². The Bertz CT molecular complexity index is 1800. The Hall–Kier alpha value is -4.31. The molecule has 0 aliphatic rings. The first-order valence-corrected chi connectivity index (χ1v) is 19.5. The van der Waals surface area contributed by atoms with E-state index in [9.17, 15) is 45.9 Å². The summed E-state index contributed by atoms with van der Waals surface area (Å²) in [7, 11) is -7.91. The van der Waals surface area contributed by atoms with Crippen molar-refractivity contribution >= 4 is 61.4 Å². The lowest BCUT2D eigenvalue weighted by atomic mass is 10.00. The van der Waals surface area contributed by atoms with Crippen LogP contribution in [0.2, 0.25) is 0 Å². The van der Waals surface area contributed by atoms with E-state index in [4.69, 9.17) is 15.0 Å². The van der Waals surface area contributed by atoms with Crippen LogP contribution in [0.25, 0.3) is 0 Å². The number of primary sulfonamides is 2. The summed E-state index contributed by atoms with van der Waals surface area (Å²) in [6.07, 6.45) is 2.13. The largest absolute Gasteiger partial charge is 0.480 e. The second-order valence-corrected chi connectivity index (χ2v) is 16.7. The van der Waals surface area contributed by atoms with Gasteiger partial charge in [-0.1, -0.05) is 0 Å². The summed E-state index contributed by atoms with van der Waals surface area (Å²) in [6, 6.07) is 10.2. The van der Waals surface area contributed by atoms with Crippen molar-refractivity contribution in [2.24, 2.45) is 10.3 Å². The molecule has 3 amide bonds. The molecule has 0 spiro atoms. The van der Waals surface area contributed by atoms with Gasteiger partial charge in [-0.3, -0.25) is 29.0 Å². The fraction of sp³-hybridized carbons (Fsp3) is 0.485. The summed E-state index contributed by atoms with van der Waals surface area (Å²) in [5, 5.41) is 27.9. The Morgan fingerprint density at radius 3 is 1.53 bits per heavy atom. The van der Waals surface area contributed by atoms with E-state index < -0.39 is 68.0 Å². The minimum atomic E-state index is -3.96. The molecular weight excluding hydrogens is 735 g/mol. The summed E-state index contributed by atoms with van der Waals surface area (Å²) in [5.74, 6) is -2.88. The summed E-state index contributed by atoms with van der Waals surface area (Å²) >= 11 is 0. The third-order valence-corrected chi connectivity index (χ3v) is 9.55. The van der Waals surface area contributed by atoms with Gasteiger partial charge in [0.25, 0.3) is 0 Å². The third-order valence-electron chi connectivity index (χ3n) is 7.69. The molecule has 0 aliphatic heterocycles. The van der Waals surface area contributed by atoms with E-state index in [-0.39, 0.29) is 54.0 Å². The molecule has 0 unspecified atom stereocenters. The van der Waals surface area contributed by atoms with Crippen LogP contribution in [-0.2, 0) is 48.8 Å². The predicted octanol–water partition coefficient (Wildman–Crippen LogP) is 0.306. The van der Waals surface area contributed by atoms with Crippen molar-refractivity contribution in [2.45, 2.75) is 67.9 Å². The molecule has 0 aromatic heterocycles. The van der Waals surface area contributed by atoms with Crippen LogP contribution in [0.5, 0.6) is 0 Å². The first-order valence-electron chi connectivity index (χ1n) is 16.4. The lowest BCUT2D eigenvalue weighted by Gasteiger charge is -2.31. The van der Waals surface area contributed by atoms with E-state index in [1.165, 1.54) is 58.3 Å². The van der Waals surface area contributed by atoms with Crippen molar-refractivity contribution in [3.8, 4) is 0 Å². The van der Waals surface area contributed by atoms with Gasteiger partial charge in [0.1, 0.15) is 6.29 Å². The molecule has 0 heterocycles. The summed E-state index contributed by atoms with van der Waals surface area (Å²) in [4.78, 5) is 64.1. The normalized spacial score (nSPS) is 12.4. The highest BCUT2D eigenvalue weighted by Crippen LogP contribution is 2.19. The molecule has 2 rings (SSSR count). The number of nitrogens with one attached hydrogen (secondary N) is 3. The zero-order valence-electron chi connectivity index (χ0n) is 30.2. The highest BCUT2D eigenvalue weighted by molar-refractivity contribution is 7.89. The molecule has 20 heteroatoms. The molecule has 294 valence electrons. The molecule has 0 saturated heterocycles. The van der Waals surface area contributed by atoms with Gasteiger partial charge in [0, 0.05) is 43.0 Å². The number of aldehydes is 1. The average Bonchev–Trinajstić information content (AvgIpc) is 3.01. The van der Waals surface area contributed by atoms with Gasteiger partial charge in [0.05, 0.1) is 41.6 Å². The monoisotopic (exact) mass is 783 g/mol. The fourth-order valence-corrected chi connectivity index (χ4v) is 5.94. The van der Waals surface area contributed by atoms with Crippen LogP contribution in [-0.4, -0.2) is 119 Å². The lowest BCUT2D eigenvalue weighted by Crippen LogP contribution is -2.51. The van der Waals surface area contributed by atoms with Gasteiger partial charge in [0.15, 0.2) is 0 Å². The van der Waals surface area contributed by atoms with Crippen LogP contribution in [0.1, 0.15) is 47.0 Å². The Kier molecular flexibility index (Phi) is 16.6. The number of hydrogen-bond donors (Lipinski definition) is 6. The van der Waals surface area contributed by atoms with Crippen LogP contribution >= 0.6 is 0 Å². The molecule has 8 N–H and O–H groups in total. The van der Waals surface area contributed by atoms with Crippen molar-refractivity contribution in [1.82, 2.24) is 15.1 Å². The molecule has 0 saturated carbocycles. The standard InChI is InChI=1S/C33H49N7O11S2/c1-32(2,15-19-51-33(3,4)14-5-18-41)38-30(44)22-39(20-28(42)36-24-6-10-26(11-7-24)52(34,47)48)16-17-40(23-31(45)46)21-29(43)37-25-8-12-27(13-9-25)53(35,49)50/h6-13,18H,5,14-17,19-23H2,1-4H3,(H,36,42)(H,37,43)(H,38,44)(H,45,46)(H2,34,47,48)(H2,35,49,50). The number of hydrogen-bond acceptors (Lipinski definition) is 12. The number of benzene rings is 2. The highest BCUT2D eigenvalue weighted by Gasteiger charge is 2.26. The number of nitrogens with two attached hydrogens (primary N) is 2. The smallest absolute Gasteiger partial charge is 0.317 e. The van der Waals surface area contributed by atoms with E-state index >= 15 is 0 Å². The average molecular weight is 784 g/mol. The van der Waals surface area contributed by atoms with E-state index in [0.29, 0.717) is 19.3 Å². The number of aliphatic carboxylic acids is 1. The molecule has 0 radical (unpaired) electrons. The van der Waals surface area contributed by atoms with E-state index in [1.54, 1.807) is 13.8 Å². The van der Waals surface area contributed by atoms with E-state index in [0.717, 1.165) is 6.29 Å². The second-order valence-electron chi connectivity index (χ2n) is 13.5. The molecule has 0 bridgehead atoms. The number of sulfonamides is 2. The molecule has 53 heavy (non-hydrogen) atoms. The number of anilines is 2. The molecule has 0 fully saturated rings. The Morgan fingerprint density at radius 1 is 0.717 bits per heavy atom. The Morgan fingerprint density at radius 2 is 1.13 bits per heavy atom. The summed E-state index contributed by atoms with van der Waals surface area (Å²) in [6.45, 7) is 5.91. The quantitative estimate of drug-likeness (QED) is 0.0829. The Labute approximate surface area is 309 Å². The predicted molar refractivity (Wildman–Crippen MR) is 196 cm³/mol. The molecule has 0 aliphatic carbocycles. The lowest BCUT2D eigenvalue weighted by molar-refractivity contribution is -0.139. The summed E-state index contributed by atoms with van der Waals surface area (Å²) < 4.78 is 52.1. The van der Waals surface area contributed by atoms with Gasteiger partial charge in [-0.15, -0.1) is 0 Å². The zero-order chi connectivity index (χ0) is 40.0. The summed E-state index contributed by atoms with van der Waals surface area (Å²) in [5.41, 5.74) is -0.787. The number of amides is 3. The zero-order valence-corrected chi connectivity index (χ0v) is 31.8. The van der Waals surface area contributed by atoms with Gasteiger partial charge in [-0.25, -0.2) is 27.1 Å². The van der Waals surface area contributed by atoms with E-state index in [2.05, 4.69) is 16.0 Å². The van der Waals surface area contributed by atoms with Crippen LogP contribution in [0.4, 0.5) is 11.4 Å².